The minimum Gasteiger partial charge on any atom is -0.338 e. The van der Waals surface area contributed by atoms with Gasteiger partial charge < -0.3 is 4.98 Å². The van der Waals surface area contributed by atoms with Gasteiger partial charge in [0.1, 0.15) is 5.82 Å². The molecule has 0 saturated carbocycles. The summed E-state index contributed by atoms with van der Waals surface area (Å²) in [5, 5.41) is 0. The van der Waals surface area contributed by atoms with Gasteiger partial charge in [-0.15, -0.1) is 0 Å². The minimum absolute atomic E-state index is 0.134. The number of benzene rings is 1. The highest BCUT2D eigenvalue weighted by Crippen LogP contribution is 2.27. The first-order valence-corrected chi connectivity index (χ1v) is 7.10. The second kappa shape index (κ2) is 5.17. The molecule has 2 aromatic heterocycles. The number of nitrogens with zero attached hydrogens (tertiary/aromatic N) is 2. The monoisotopic (exact) mass is 277 g/mol. The first kappa shape index (κ1) is 13.6. The van der Waals surface area contributed by atoms with Crippen LogP contribution in [0.5, 0.6) is 0 Å². The van der Waals surface area contributed by atoms with Gasteiger partial charge in [-0.3, -0.25) is 4.98 Å². The second-order valence-corrected chi connectivity index (χ2v) is 6.22. The second-order valence-electron chi connectivity index (χ2n) is 6.22. The molecule has 0 atom stereocenters. The lowest BCUT2D eigenvalue weighted by atomic mass is 9.86. The van der Waals surface area contributed by atoms with Crippen molar-refractivity contribution < 1.29 is 0 Å². The van der Waals surface area contributed by atoms with Crippen molar-refractivity contribution in [2.45, 2.75) is 26.2 Å². The number of aromatic nitrogens is 3. The molecule has 0 aliphatic heterocycles. The highest BCUT2D eigenvalue weighted by Gasteiger charge is 2.14. The van der Waals surface area contributed by atoms with Gasteiger partial charge in [0.2, 0.25) is 0 Å². The van der Waals surface area contributed by atoms with Crippen LogP contribution in [-0.4, -0.2) is 15.0 Å². The number of H-pyrrole nitrogens is 1. The third kappa shape index (κ3) is 2.87. The zero-order valence-corrected chi connectivity index (χ0v) is 12.6. The van der Waals surface area contributed by atoms with Crippen molar-refractivity contribution in [3.8, 4) is 22.6 Å². The van der Waals surface area contributed by atoms with Crippen LogP contribution in [0.4, 0.5) is 0 Å². The quantitative estimate of drug-likeness (QED) is 0.752. The molecule has 0 unspecified atom stereocenters. The van der Waals surface area contributed by atoms with E-state index >= 15 is 0 Å². The summed E-state index contributed by atoms with van der Waals surface area (Å²) < 4.78 is 0. The summed E-state index contributed by atoms with van der Waals surface area (Å²) in [5.41, 5.74) is 4.58. The maximum absolute atomic E-state index is 4.50. The van der Waals surface area contributed by atoms with Crippen molar-refractivity contribution in [2.75, 3.05) is 0 Å². The topological polar surface area (TPSA) is 41.6 Å². The number of imidazole rings is 1. The number of hydrogen-bond acceptors (Lipinski definition) is 2. The van der Waals surface area contributed by atoms with E-state index in [9.17, 15) is 0 Å². The fourth-order valence-electron chi connectivity index (χ4n) is 2.27. The third-order valence-electron chi connectivity index (χ3n) is 3.55. The minimum atomic E-state index is 0.134. The smallest absolute Gasteiger partial charge is 0.137 e. The molecule has 1 aromatic carbocycles. The molecule has 3 nitrogen and oxygen atoms in total. The van der Waals surface area contributed by atoms with Crippen LogP contribution >= 0.6 is 0 Å². The molecule has 0 radical (unpaired) electrons. The van der Waals surface area contributed by atoms with E-state index in [0.717, 1.165) is 22.6 Å². The van der Waals surface area contributed by atoms with Gasteiger partial charge in [0.25, 0.3) is 0 Å². The van der Waals surface area contributed by atoms with E-state index < -0.39 is 0 Å². The van der Waals surface area contributed by atoms with Crippen molar-refractivity contribution in [3.05, 3.63) is 60.6 Å². The number of aromatic amines is 1. The van der Waals surface area contributed by atoms with Gasteiger partial charge in [0, 0.05) is 23.5 Å². The number of pyridine rings is 1. The fraction of sp³-hybridized carbons (Fsp3) is 0.222. The lowest BCUT2D eigenvalue weighted by molar-refractivity contribution is 0.590. The van der Waals surface area contributed by atoms with Crippen LogP contribution in [0.3, 0.4) is 0 Å². The Kier molecular flexibility index (Phi) is 3.34. The Bertz CT molecular complexity index is 736. The first-order valence-electron chi connectivity index (χ1n) is 7.10. The molecule has 0 amide bonds. The predicted octanol–water partition coefficient (Wildman–Crippen LogP) is 4.44. The summed E-state index contributed by atoms with van der Waals surface area (Å²) in [5.74, 6) is 0.889. The van der Waals surface area contributed by atoms with Crippen LogP contribution in [0, 0.1) is 0 Å². The normalized spacial score (nSPS) is 11.6. The van der Waals surface area contributed by atoms with E-state index in [1.165, 1.54) is 5.56 Å². The predicted molar refractivity (Wildman–Crippen MR) is 86.0 cm³/mol. The molecule has 3 aromatic rings. The Morgan fingerprint density at radius 3 is 2.48 bits per heavy atom. The van der Waals surface area contributed by atoms with Gasteiger partial charge in [-0.2, -0.15) is 0 Å². The molecular formula is C18H19N3. The molecule has 0 aliphatic rings. The van der Waals surface area contributed by atoms with E-state index in [1.54, 1.807) is 6.20 Å². The maximum Gasteiger partial charge on any atom is 0.137 e. The summed E-state index contributed by atoms with van der Waals surface area (Å²) in [6.45, 7) is 6.65. The standard InChI is InChI=1S/C18H19N3/c1-18(2,3)15-8-4-6-13(10-15)17-20-12-16(21-17)14-7-5-9-19-11-14/h4-12H,1-3H3,(H,20,21). The van der Waals surface area contributed by atoms with Crippen molar-refractivity contribution in [2.24, 2.45) is 0 Å². The average molecular weight is 277 g/mol. The summed E-state index contributed by atoms with van der Waals surface area (Å²) in [7, 11) is 0. The van der Waals surface area contributed by atoms with Gasteiger partial charge >= 0.3 is 0 Å². The summed E-state index contributed by atoms with van der Waals surface area (Å²) in [4.78, 5) is 12.0. The Morgan fingerprint density at radius 1 is 0.952 bits per heavy atom. The van der Waals surface area contributed by atoms with Gasteiger partial charge in [0.05, 0.1) is 11.9 Å². The molecular weight excluding hydrogens is 258 g/mol. The largest absolute Gasteiger partial charge is 0.338 e. The van der Waals surface area contributed by atoms with Crippen molar-refractivity contribution >= 4 is 0 Å². The van der Waals surface area contributed by atoms with E-state index in [4.69, 9.17) is 0 Å². The van der Waals surface area contributed by atoms with E-state index in [0.29, 0.717) is 0 Å². The molecule has 0 aliphatic carbocycles. The van der Waals surface area contributed by atoms with Crippen molar-refractivity contribution in [1.29, 1.82) is 0 Å². The molecule has 0 bridgehead atoms. The Hall–Kier alpha value is -2.42. The average Bonchev–Trinajstić information content (AvgIpc) is 2.97. The van der Waals surface area contributed by atoms with Crippen LogP contribution in [0.25, 0.3) is 22.6 Å². The molecule has 0 saturated heterocycles. The molecule has 3 rings (SSSR count). The van der Waals surface area contributed by atoms with Gasteiger partial charge in [-0.25, -0.2) is 4.98 Å². The first-order chi connectivity index (χ1) is 10.0. The molecule has 1 N–H and O–H groups in total. The van der Waals surface area contributed by atoms with Crippen molar-refractivity contribution in [1.82, 2.24) is 15.0 Å². The van der Waals surface area contributed by atoms with E-state index in [-0.39, 0.29) is 5.41 Å². The molecule has 106 valence electrons. The summed E-state index contributed by atoms with van der Waals surface area (Å²) in [6.07, 6.45) is 5.46. The van der Waals surface area contributed by atoms with Crippen LogP contribution in [0.15, 0.2) is 55.0 Å². The number of hydrogen-bond donors (Lipinski definition) is 1. The molecule has 2 heterocycles. The Balaban J connectivity index is 1.97. The molecule has 21 heavy (non-hydrogen) atoms. The SMILES string of the molecule is CC(C)(C)c1cccc(-c2ncc(-c3cccnc3)[nH]2)c1. The van der Waals surface area contributed by atoms with Crippen LogP contribution in [0.1, 0.15) is 26.3 Å². The highest BCUT2D eigenvalue weighted by atomic mass is 14.9. The third-order valence-corrected chi connectivity index (χ3v) is 3.55. The molecule has 0 fully saturated rings. The van der Waals surface area contributed by atoms with Gasteiger partial charge in [0.15, 0.2) is 0 Å². The van der Waals surface area contributed by atoms with Crippen LogP contribution in [-0.2, 0) is 5.41 Å². The summed E-state index contributed by atoms with van der Waals surface area (Å²) >= 11 is 0. The van der Waals surface area contributed by atoms with E-state index in [1.807, 2.05) is 24.5 Å². The summed E-state index contributed by atoms with van der Waals surface area (Å²) in [6, 6.07) is 12.5. The maximum atomic E-state index is 4.50. The van der Waals surface area contributed by atoms with E-state index in [2.05, 4.69) is 60.0 Å². The van der Waals surface area contributed by atoms with Crippen LogP contribution in [0.2, 0.25) is 0 Å². The van der Waals surface area contributed by atoms with Gasteiger partial charge in [-0.05, 0) is 29.2 Å². The zero-order chi connectivity index (χ0) is 14.9. The zero-order valence-electron chi connectivity index (χ0n) is 12.6. The Morgan fingerprint density at radius 2 is 1.76 bits per heavy atom. The van der Waals surface area contributed by atoms with Crippen molar-refractivity contribution in [3.63, 3.8) is 0 Å². The number of nitrogens with one attached hydrogen (secondary N) is 1. The Labute approximate surface area is 125 Å². The highest BCUT2D eigenvalue weighted by molar-refractivity contribution is 5.64. The van der Waals surface area contributed by atoms with Crippen LogP contribution < -0.4 is 0 Å². The lowest BCUT2D eigenvalue weighted by Gasteiger charge is -2.19. The molecule has 3 heteroatoms. The lowest BCUT2D eigenvalue weighted by Crippen LogP contribution is -2.10. The molecule has 0 spiro atoms. The number of rotatable bonds is 2. The fourth-order valence-corrected chi connectivity index (χ4v) is 2.27. The van der Waals surface area contributed by atoms with Gasteiger partial charge in [-0.1, -0.05) is 39.0 Å².